The smallest absolute Gasteiger partial charge is 0.315 e. The summed E-state index contributed by atoms with van der Waals surface area (Å²) >= 11 is 0. The summed E-state index contributed by atoms with van der Waals surface area (Å²) in [6, 6.07) is 12.4. The van der Waals surface area contributed by atoms with E-state index in [1.54, 1.807) is 6.07 Å². The van der Waals surface area contributed by atoms with Gasteiger partial charge in [0.2, 0.25) is 0 Å². The number of rotatable bonds is 2. The van der Waals surface area contributed by atoms with E-state index in [0.717, 1.165) is 5.56 Å². The Morgan fingerprint density at radius 3 is 2.24 bits per heavy atom. The van der Waals surface area contributed by atoms with E-state index in [2.05, 4.69) is 0 Å². The van der Waals surface area contributed by atoms with Gasteiger partial charge in [0.25, 0.3) is 0 Å². The van der Waals surface area contributed by atoms with Crippen molar-refractivity contribution in [2.75, 3.05) is 11.5 Å². The third-order valence-corrected chi connectivity index (χ3v) is 2.52. The molecule has 0 heterocycles. The summed E-state index contributed by atoms with van der Waals surface area (Å²) in [7, 11) is 0. The maximum Gasteiger partial charge on any atom is 0.315 e. The Balaban J connectivity index is 2.66. The van der Waals surface area contributed by atoms with Gasteiger partial charge in [-0.05, 0) is 17.7 Å². The second kappa shape index (κ2) is 4.13. The zero-order chi connectivity index (χ0) is 12.4. The summed E-state index contributed by atoms with van der Waals surface area (Å²) < 4.78 is 0. The largest absolute Gasteiger partial charge is 0.393 e. The summed E-state index contributed by atoms with van der Waals surface area (Å²) in [6.07, 6.45) is 0. The van der Waals surface area contributed by atoms with Gasteiger partial charge < -0.3 is 11.5 Å². The zero-order valence-corrected chi connectivity index (χ0v) is 8.96. The fraction of sp³-hybridized carbons (Fsp3) is 0. The summed E-state index contributed by atoms with van der Waals surface area (Å²) in [5, 5.41) is 10.9. The van der Waals surface area contributed by atoms with Gasteiger partial charge in [-0.1, -0.05) is 30.3 Å². The molecule has 0 saturated heterocycles. The standard InChI is InChI=1S/C12H11N3O2/c13-10-7-6-9(8-4-2-1-3-5-8)11(14)12(10)15(16)17/h1-7H,13-14H2. The Morgan fingerprint density at radius 2 is 1.65 bits per heavy atom. The van der Waals surface area contributed by atoms with E-state index < -0.39 is 4.92 Å². The van der Waals surface area contributed by atoms with Crippen LogP contribution >= 0.6 is 0 Å². The van der Waals surface area contributed by atoms with Crippen molar-refractivity contribution in [2.45, 2.75) is 0 Å². The average molecular weight is 229 g/mol. The van der Waals surface area contributed by atoms with Crippen molar-refractivity contribution in [3.63, 3.8) is 0 Å². The topological polar surface area (TPSA) is 95.2 Å². The predicted octanol–water partition coefficient (Wildman–Crippen LogP) is 2.43. The van der Waals surface area contributed by atoms with E-state index >= 15 is 0 Å². The molecule has 0 spiro atoms. The molecule has 17 heavy (non-hydrogen) atoms. The SMILES string of the molecule is Nc1ccc(-c2ccccc2)c(N)c1[N+](=O)[O-]. The van der Waals surface area contributed by atoms with Crippen molar-refractivity contribution < 1.29 is 4.92 Å². The van der Waals surface area contributed by atoms with Crippen LogP contribution in [0.15, 0.2) is 42.5 Å². The number of nitrogen functional groups attached to an aromatic ring is 2. The van der Waals surface area contributed by atoms with Gasteiger partial charge in [0.15, 0.2) is 0 Å². The molecule has 0 radical (unpaired) electrons. The minimum absolute atomic E-state index is 0.0761. The fourth-order valence-electron chi connectivity index (χ4n) is 1.70. The number of nitrogens with two attached hydrogens (primary N) is 2. The quantitative estimate of drug-likeness (QED) is 0.469. The van der Waals surface area contributed by atoms with Crippen molar-refractivity contribution >= 4 is 17.1 Å². The van der Waals surface area contributed by atoms with Gasteiger partial charge >= 0.3 is 5.69 Å². The molecule has 0 aromatic heterocycles. The van der Waals surface area contributed by atoms with Crippen molar-refractivity contribution in [1.82, 2.24) is 0 Å². The maximum atomic E-state index is 10.9. The summed E-state index contributed by atoms with van der Waals surface area (Å²) in [5.41, 5.74) is 12.7. The molecule has 4 N–H and O–H groups in total. The van der Waals surface area contributed by atoms with E-state index in [4.69, 9.17) is 11.5 Å². The van der Waals surface area contributed by atoms with E-state index in [-0.39, 0.29) is 17.1 Å². The highest BCUT2D eigenvalue weighted by molar-refractivity contribution is 5.87. The first kappa shape index (κ1) is 10.9. The monoisotopic (exact) mass is 229 g/mol. The van der Waals surface area contributed by atoms with Gasteiger partial charge in [-0.15, -0.1) is 0 Å². The molecule has 86 valence electrons. The normalized spacial score (nSPS) is 10.1. The third-order valence-electron chi connectivity index (χ3n) is 2.52. The van der Waals surface area contributed by atoms with E-state index in [0.29, 0.717) is 5.56 Å². The minimum Gasteiger partial charge on any atom is -0.393 e. The number of nitro benzene ring substituents is 1. The summed E-state index contributed by atoms with van der Waals surface area (Å²) in [5.74, 6) is 0. The molecular formula is C12H11N3O2. The Labute approximate surface area is 97.8 Å². The van der Waals surface area contributed by atoms with Crippen molar-refractivity contribution in [1.29, 1.82) is 0 Å². The minimum atomic E-state index is -0.558. The lowest BCUT2D eigenvalue weighted by Crippen LogP contribution is -2.02. The first-order valence-corrected chi connectivity index (χ1v) is 4.99. The molecule has 0 bridgehead atoms. The van der Waals surface area contributed by atoms with Crippen molar-refractivity contribution in [3.05, 3.63) is 52.6 Å². The van der Waals surface area contributed by atoms with Crippen LogP contribution in [0.1, 0.15) is 0 Å². The van der Waals surface area contributed by atoms with Crippen molar-refractivity contribution in [3.8, 4) is 11.1 Å². The molecule has 0 fully saturated rings. The molecule has 0 saturated carbocycles. The van der Waals surface area contributed by atoms with Gasteiger partial charge in [-0.2, -0.15) is 0 Å². The highest BCUT2D eigenvalue weighted by atomic mass is 16.6. The van der Waals surface area contributed by atoms with Gasteiger partial charge in [-0.3, -0.25) is 10.1 Å². The number of hydrogen-bond acceptors (Lipinski definition) is 4. The lowest BCUT2D eigenvalue weighted by Gasteiger charge is -2.07. The highest BCUT2D eigenvalue weighted by Gasteiger charge is 2.19. The molecule has 2 rings (SSSR count). The number of nitro groups is 1. The predicted molar refractivity (Wildman–Crippen MR) is 67.4 cm³/mol. The highest BCUT2D eigenvalue weighted by Crippen LogP contribution is 2.37. The molecule has 0 atom stereocenters. The molecular weight excluding hydrogens is 218 g/mol. The first-order chi connectivity index (χ1) is 8.11. The molecule has 0 aliphatic rings. The van der Waals surface area contributed by atoms with E-state index in [1.807, 2.05) is 30.3 Å². The molecule has 0 aliphatic carbocycles. The van der Waals surface area contributed by atoms with E-state index in [9.17, 15) is 10.1 Å². The number of benzene rings is 2. The number of anilines is 2. The first-order valence-electron chi connectivity index (χ1n) is 4.99. The van der Waals surface area contributed by atoms with Crippen LogP contribution in [0.25, 0.3) is 11.1 Å². The Morgan fingerprint density at radius 1 is 1.00 bits per heavy atom. The van der Waals surface area contributed by atoms with Crippen molar-refractivity contribution in [2.24, 2.45) is 0 Å². The van der Waals surface area contributed by atoms with E-state index in [1.165, 1.54) is 6.07 Å². The second-order valence-electron chi connectivity index (χ2n) is 3.59. The Kier molecular flexibility index (Phi) is 2.66. The molecule has 0 amide bonds. The zero-order valence-electron chi connectivity index (χ0n) is 8.96. The van der Waals surface area contributed by atoms with Crippen LogP contribution in [0.4, 0.5) is 17.1 Å². The van der Waals surface area contributed by atoms with Crippen LogP contribution in [-0.2, 0) is 0 Å². The maximum absolute atomic E-state index is 10.9. The number of nitrogens with zero attached hydrogens (tertiary/aromatic N) is 1. The molecule has 0 unspecified atom stereocenters. The molecule has 2 aromatic rings. The van der Waals surface area contributed by atoms with Crippen LogP contribution in [0.2, 0.25) is 0 Å². The lowest BCUT2D eigenvalue weighted by molar-refractivity contribution is -0.382. The van der Waals surface area contributed by atoms with Crippen LogP contribution in [-0.4, -0.2) is 4.92 Å². The van der Waals surface area contributed by atoms with Gasteiger partial charge in [0.1, 0.15) is 11.4 Å². The third kappa shape index (κ3) is 1.90. The average Bonchev–Trinajstić information content (AvgIpc) is 2.30. The molecule has 5 heteroatoms. The Bertz CT molecular complexity index is 567. The molecule has 2 aromatic carbocycles. The van der Waals surface area contributed by atoms with Gasteiger partial charge in [-0.25, -0.2) is 0 Å². The van der Waals surface area contributed by atoms with Crippen LogP contribution in [0, 0.1) is 10.1 Å². The fourth-order valence-corrected chi connectivity index (χ4v) is 1.70. The van der Waals surface area contributed by atoms with Crippen LogP contribution in [0.5, 0.6) is 0 Å². The Hall–Kier alpha value is -2.56. The molecule has 0 aliphatic heterocycles. The van der Waals surface area contributed by atoms with Gasteiger partial charge in [0.05, 0.1) is 4.92 Å². The second-order valence-corrected chi connectivity index (χ2v) is 3.59. The number of hydrogen-bond donors (Lipinski definition) is 2. The van der Waals surface area contributed by atoms with Crippen LogP contribution in [0.3, 0.4) is 0 Å². The lowest BCUT2D eigenvalue weighted by atomic mass is 10.0. The summed E-state index contributed by atoms with van der Waals surface area (Å²) in [4.78, 5) is 10.3. The van der Waals surface area contributed by atoms with Crippen LogP contribution < -0.4 is 11.5 Å². The molecule has 5 nitrogen and oxygen atoms in total. The van der Waals surface area contributed by atoms with Gasteiger partial charge in [0, 0.05) is 5.56 Å². The summed E-state index contributed by atoms with van der Waals surface area (Å²) in [6.45, 7) is 0.